The summed E-state index contributed by atoms with van der Waals surface area (Å²) in [7, 11) is 0. The van der Waals surface area contributed by atoms with Gasteiger partial charge in [-0.1, -0.05) is 48.5 Å². The van der Waals surface area contributed by atoms with Gasteiger partial charge >= 0.3 is 5.97 Å². The Bertz CT molecular complexity index is 1020. The molecule has 4 rings (SSSR count). The van der Waals surface area contributed by atoms with E-state index < -0.39 is 5.97 Å². The second-order valence-corrected chi connectivity index (χ2v) is 7.20. The third-order valence-corrected chi connectivity index (χ3v) is 5.42. The zero-order valence-corrected chi connectivity index (χ0v) is 15.0. The number of nitrogens with zero attached hydrogens (tertiary/aromatic N) is 1. The molecular weight excluding hydrogens is 342 g/mol. The number of para-hydroxylation sites is 1. The van der Waals surface area contributed by atoms with Gasteiger partial charge in [-0.25, -0.2) is 0 Å². The topological polar surface area (TPSA) is 42.2 Å². The average molecular weight is 361 g/mol. The quantitative estimate of drug-likeness (QED) is 0.502. The van der Waals surface area contributed by atoms with E-state index in [1.54, 1.807) is 11.3 Å². The lowest BCUT2D eigenvalue weighted by Gasteiger charge is -2.13. The number of aliphatic carboxylic acids is 1. The summed E-state index contributed by atoms with van der Waals surface area (Å²) in [5.74, 6) is -0.915. The smallest absolute Gasteiger partial charge is 0.304 e. The van der Waals surface area contributed by atoms with Gasteiger partial charge in [-0.15, -0.1) is 0 Å². The van der Waals surface area contributed by atoms with E-state index in [2.05, 4.69) is 40.4 Å². The van der Waals surface area contributed by atoms with Gasteiger partial charge in [0.2, 0.25) is 0 Å². The molecule has 1 atom stereocenters. The van der Waals surface area contributed by atoms with Gasteiger partial charge < -0.3 is 9.67 Å². The Morgan fingerprint density at radius 2 is 1.81 bits per heavy atom. The molecule has 2 heterocycles. The standard InChI is InChI=1S/C22H19NO2S/c24-22(25)12-19(17-10-11-26-15-17)20-14-23(13-16-6-2-1-3-7-16)21-9-5-4-8-18(20)21/h1-11,14-15,19H,12-13H2,(H,24,25). The fourth-order valence-corrected chi connectivity index (χ4v) is 4.23. The lowest BCUT2D eigenvalue weighted by Crippen LogP contribution is -2.07. The van der Waals surface area contributed by atoms with Crippen LogP contribution in [-0.4, -0.2) is 15.6 Å². The van der Waals surface area contributed by atoms with Crippen LogP contribution in [0.5, 0.6) is 0 Å². The zero-order valence-electron chi connectivity index (χ0n) is 14.2. The normalized spacial score (nSPS) is 12.3. The molecule has 3 nitrogen and oxygen atoms in total. The van der Waals surface area contributed by atoms with Gasteiger partial charge in [0.1, 0.15) is 0 Å². The van der Waals surface area contributed by atoms with Crippen LogP contribution in [0.15, 0.2) is 77.6 Å². The van der Waals surface area contributed by atoms with Crippen molar-refractivity contribution in [1.29, 1.82) is 0 Å². The molecule has 1 unspecified atom stereocenters. The van der Waals surface area contributed by atoms with Gasteiger partial charge in [0.05, 0.1) is 6.42 Å². The van der Waals surface area contributed by atoms with Crippen molar-refractivity contribution in [2.45, 2.75) is 18.9 Å². The fraction of sp³-hybridized carbons (Fsp3) is 0.136. The summed E-state index contributed by atoms with van der Waals surface area (Å²) in [4.78, 5) is 11.5. The molecule has 0 aliphatic rings. The lowest BCUT2D eigenvalue weighted by atomic mass is 9.90. The third kappa shape index (κ3) is 3.28. The first-order valence-corrected chi connectivity index (χ1v) is 9.52. The van der Waals surface area contributed by atoms with Crippen molar-refractivity contribution in [2.75, 3.05) is 0 Å². The van der Waals surface area contributed by atoms with Gasteiger partial charge in [-0.3, -0.25) is 4.79 Å². The maximum atomic E-state index is 11.5. The van der Waals surface area contributed by atoms with E-state index in [0.29, 0.717) is 0 Å². The minimum Gasteiger partial charge on any atom is -0.481 e. The number of carboxylic acids is 1. The molecular formula is C22H19NO2S. The second kappa shape index (κ2) is 7.18. The van der Waals surface area contributed by atoms with Crippen LogP contribution in [-0.2, 0) is 11.3 Å². The molecule has 4 aromatic rings. The van der Waals surface area contributed by atoms with Gasteiger partial charge in [0.15, 0.2) is 0 Å². The van der Waals surface area contributed by atoms with Crippen LogP contribution in [0.4, 0.5) is 0 Å². The van der Waals surface area contributed by atoms with Gasteiger partial charge in [0.25, 0.3) is 0 Å². The molecule has 0 fully saturated rings. The van der Waals surface area contributed by atoms with Gasteiger partial charge in [-0.2, -0.15) is 11.3 Å². The lowest BCUT2D eigenvalue weighted by molar-refractivity contribution is -0.137. The molecule has 0 spiro atoms. The van der Waals surface area contributed by atoms with Crippen LogP contribution in [0, 0.1) is 0 Å². The first-order chi connectivity index (χ1) is 12.7. The monoisotopic (exact) mass is 361 g/mol. The van der Waals surface area contributed by atoms with Crippen molar-refractivity contribution >= 4 is 28.2 Å². The van der Waals surface area contributed by atoms with Crippen LogP contribution >= 0.6 is 11.3 Å². The molecule has 2 aromatic carbocycles. The van der Waals surface area contributed by atoms with Crippen molar-refractivity contribution in [1.82, 2.24) is 4.57 Å². The van der Waals surface area contributed by atoms with E-state index in [1.165, 1.54) is 5.56 Å². The number of carboxylic acid groups (broad SMARTS) is 1. The summed E-state index contributed by atoms with van der Waals surface area (Å²) < 4.78 is 2.22. The van der Waals surface area contributed by atoms with Crippen LogP contribution in [0.3, 0.4) is 0 Å². The molecule has 0 saturated heterocycles. The number of fused-ring (bicyclic) bond motifs is 1. The Morgan fingerprint density at radius 1 is 1.04 bits per heavy atom. The van der Waals surface area contributed by atoms with Crippen molar-refractivity contribution in [3.63, 3.8) is 0 Å². The van der Waals surface area contributed by atoms with E-state index >= 15 is 0 Å². The maximum absolute atomic E-state index is 11.5. The van der Waals surface area contributed by atoms with Crippen molar-refractivity contribution in [2.24, 2.45) is 0 Å². The zero-order chi connectivity index (χ0) is 17.9. The summed E-state index contributed by atoms with van der Waals surface area (Å²) in [6.45, 7) is 0.769. The summed E-state index contributed by atoms with van der Waals surface area (Å²) in [5, 5.41) is 14.6. The Hall–Kier alpha value is -2.85. The molecule has 2 aromatic heterocycles. The molecule has 130 valence electrons. The SMILES string of the molecule is O=C(O)CC(c1ccsc1)c1cn(Cc2ccccc2)c2ccccc12. The van der Waals surface area contributed by atoms with E-state index in [1.807, 2.05) is 41.8 Å². The predicted molar refractivity (Wildman–Crippen MR) is 106 cm³/mol. The summed E-state index contributed by atoms with van der Waals surface area (Å²) in [5.41, 5.74) is 4.51. The highest BCUT2D eigenvalue weighted by Gasteiger charge is 2.22. The van der Waals surface area contributed by atoms with Crippen molar-refractivity contribution in [3.05, 3.63) is 94.3 Å². The minimum atomic E-state index is -0.777. The summed E-state index contributed by atoms with van der Waals surface area (Å²) in [6, 6.07) is 20.6. The molecule has 26 heavy (non-hydrogen) atoms. The second-order valence-electron chi connectivity index (χ2n) is 6.42. The Morgan fingerprint density at radius 3 is 2.54 bits per heavy atom. The van der Waals surface area contributed by atoms with Crippen LogP contribution in [0.25, 0.3) is 10.9 Å². The number of hydrogen-bond donors (Lipinski definition) is 1. The molecule has 0 bridgehead atoms. The van der Waals surface area contributed by atoms with Crippen LogP contribution < -0.4 is 0 Å². The number of hydrogen-bond acceptors (Lipinski definition) is 2. The molecule has 0 radical (unpaired) electrons. The van der Waals surface area contributed by atoms with Crippen molar-refractivity contribution < 1.29 is 9.90 Å². The minimum absolute atomic E-state index is 0.0933. The van der Waals surface area contributed by atoms with Gasteiger partial charge in [0, 0.05) is 29.6 Å². The Balaban J connectivity index is 1.83. The number of thiophene rings is 1. The highest BCUT2D eigenvalue weighted by molar-refractivity contribution is 7.08. The van der Waals surface area contributed by atoms with E-state index in [-0.39, 0.29) is 12.3 Å². The van der Waals surface area contributed by atoms with E-state index in [9.17, 15) is 9.90 Å². The predicted octanol–water partition coefficient (Wildman–Crippen LogP) is 5.36. The first-order valence-electron chi connectivity index (χ1n) is 8.58. The largest absolute Gasteiger partial charge is 0.481 e. The average Bonchev–Trinajstić information content (AvgIpc) is 3.30. The molecule has 1 N–H and O–H groups in total. The molecule has 4 heteroatoms. The Labute approximate surface area is 156 Å². The van der Waals surface area contributed by atoms with E-state index in [4.69, 9.17) is 0 Å². The number of benzene rings is 2. The highest BCUT2D eigenvalue weighted by Crippen LogP contribution is 2.35. The molecule has 0 aliphatic carbocycles. The molecule has 0 saturated carbocycles. The Kier molecular flexibility index (Phi) is 4.59. The van der Waals surface area contributed by atoms with Crippen molar-refractivity contribution in [3.8, 4) is 0 Å². The van der Waals surface area contributed by atoms with Crippen LogP contribution in [0.2, 0.25) is 0 Å². The van der Waals surface area contributed by atoms with Gasteiger partial charge in [-0.05, 0) is 39.6 Å². The third-order valence-electron chi connectivity index (χ3n) is 4.71. The number of aromatic nitrogens is 1. The summed E-state index contributed by atoms with van der Waals surface area (Å²) >= 11 is 1.60. The number of rotatable bonds is 6. The maximum Gasteiger partial charge on any atom is 0.304 e. The highest BCUT2D eigenvalue weighted by atomic mass is 32.1. The fourth-order valence-electron chi connectivity index (χ4n) is 3.52. The molecule has 0 amide bonds. The number of carbonyl (C=O) groups is 1. The first kappa shape index (κ1) is 16.6. The van der Waals surface area contributed by atoms with Crippen LogP contribution in [0.1, 0.15) is 29.0 Å². The van der Waals surface area contributed by atoms with E-state index in [0.717, 1.165) is 28.6 Å². The molecule has 0 aliphatic heterocycles. The summed E-state index contributed by atoms with van der Waals surface area (Å²) in [6.07, 6.45) is 2.22.